The van der Waals surface area contributed by atoms with Crippen molar-refractivity contribution in [3.8, 4) is 6.07 Å². The number of nitrogens with zero attached hydrogens (tertiary/aromatic N) is 2. The lowest BCUT2D eigenvalue weighted by molar-refractivity contribution is -0.137. The van der Waals surface area contributed by atoms with E-state index in [0.717, 1.165) is 21.6 Å². The second-order valence-electron chi connectivity index (χ2n) is 9.16. The maximum atomic E-state index is 13.7. The normalized spacial score (nSPS) is 11.7. The molecule has 1 atom stereocenters. The molecule has 0 heterocycles. The molecule has 0 spiro atoms. The maximum absolute atomic E-state index is 13.7. The van der Waals surface area contributed by atoms with Gasteiger partial charge in [-0.1, -0.05) is 41.9 Å². The van der Waals surface area contributed by atoms with Crippen LogP contribution in [-0.4, -0.2) is 41.5 Å². The number of nitriles is 1. The smallest absolute Gasteiger partial charge is 0.408 e. The predicted molar refractivity (Wildman–Crippen MR) is 135 cm³/mol. The summed E-state index contributed by atoms with van der Waals surface area (Å²) < 4.78 is 5.18. The Balaban J connectivity index is 2.46. The molecule has 3 amide bonds. The van der Waals surface area contributed by atoms with Gasteiger partial charge < -0.3 is 20.3 Å². The lowest BCUT2D eigenvalue weighted by atomic mass is 9.94. The van der Waals surface area contributed by atoms with Crippen LogP contribution in [0.25, 0.3) is 0 Å². The Bertz CT molecular complexity index is 1110. The van der Waals surface area contributed by atoms with E-state index in [2.05, 4.69) is 10.6 Å². The first kappa shape index (κ1) is 27.7. The Hall–Kier alpha value is -3.57. The number of amides is 3. The summed E-state index contributed by atoms with van der Waals surface area (Å²) in [7, 11) is 0. The van der Waals surface area contributed by atoms with Gasteiger partial charge in [0.1, 0.15) is 24.7 Å². The van der Waals surface area contributed by atoms with E-state index in [4.69, 9.17) is 16.3 Å². The molecule has 1 unspecified atom stereocenters. The number of hydrogen-bond donors (Lipinski definition) is 2. The average molecular weight is 499 g/mol. The second-order valence-corrected chi connectivity index (χ2v) is 9.57. The molecule has 2 aromatic rings. The van der Waals surface area contributed by atoms with E-state index < -0.39 is 36.1 Å². The molecule has 0 aromatic heterocycles. The third-order valence-corrected chi connectivity index (χ3v) is 5.50. The summed E-state index contributed by atoms with van der Waals surface area (Å²) in [4.78, 5) is 40.1. The first-order valence-corrected chi connectivity index (χ1v) is 11.5. The van der Waals surface area contributed by atoms with Crippen molar-refractivity contribution in [1.82, 2.24) is 10.2 Å². The van der Waals surface area contributed by atoms with Gasteiger partial charge in [-0.05, 0) is 69.9 Å². The fourth-order valence-electron chi connectivity index (χ4n) is 3.63. The molecular weight excluding hydrogens is 468 g/mol. The summed E-state index contributed by atoms with van der Waals surface area (Å²) in [5.74, 6) is -1.14. The van der Waals surface area contributed by atoms with E-state index in [1.54, 1.807) is 45.9 Å². The summed E-state index contributed by atoms with van der Waals surface area (Å²) in [5.41, 5.74) is 2.57. The number of halogens is 1. The molecule has 0 saturated heterocycles. The Morgan fingerprint density at radius 2 is 1.63 bits per heavy atom. The number of benzene rings is 2. The number of para-hydroxylation sites is 1. The van der Waals surface area contributed by atoms with Crippen LogP contribution in [0.2, 0.25) is 5.02 Å². The molecule has 2 aromatic carbocycles. The quantitative estimate of drug-likeness (QED) is 0.531. The van der Waals surface area contributed by atoms with Gasteiger partial charge in [-0.3, -0.25) is 9.59 Å². The van der Waals surface area contributed by atoms with Crippen LogP contribution in [-0.2, 0) is 14.3 Å². The minimum absolute atomic E-state index is 0.350. The van der Waals surface area contributed by atoms with Crippen LogP contribution in [0, 0.1) is 32.1 Å². The first-order valence-electron chi connectivity index (χ1n) is 11.1. The Morgan fingerprint density at radius 3 is 2.17 bits per heavy atom. The van der Waals surface area contributed by atoms with Gasteiger partial charge >= 0.3 is 6.09 Å². The second kappa shape index (κ2) is 11.7. The monoisotopic (exact) mass is 498 g/mol. The van der Waals surface area contributed by atoms with Crippen molar-refractivity contribution < 1.29 is 19.1 Å². The largest absolute Gasteiger partial charge is 0.444 e. The van der Waals surface area contributed by atoms with Gasteiger partial charge in [0.25, 0.3) is 5.91 Å². The minimum atomic E-state index is -1.14. The number of hydrogen-bond acceptors (Lipinski definition) is 5. The van der Waals surface area contributed by atoms with Crippen LogP contribution < -0.4 is 10.6 Å². The average Bonchev–Trinajstić information content (AvgIpc) is 2.75. The number of rotatable bonds is 7. The van der Waals surface area contributed by atoms with Gasteiger partial charge in [0.05, 0.1) is 16.8 Å². The van der Waals surface area contributed by atoms with Gasteiger partial charge in [-0.2, -0.15) is 5.26 Å². The number of alkyl carbamates (subject to hydrolysis) is 1. The van der Waals surface area contributed by atoms with Crippen LogP contribution in [0.4, 0.5) is 10.5 Å². The third kappa shape index (κ3) is 7.46. The molecule has 2 N–H and O–H groups in total. The molecule has 0 aliphatic heterocycles. The standard InChI is InChI=1S/C26H31ClN4O4/c1-16-9-7-10-17(2)21(16)23(24(33)30-22-18(3)11-8-12-19(22)27)31(14-13-28)20(32)15-29-25(34)35-26(4,5)6/h7-12,23H,14-15H2,1-6H3,(H,29,34)(H,30,33). The maximum Gasteiger partial charge on any atom is 0.408 e. The topological polar surface area (TPSA) is 112 Å². The number of carbonyl (C=O) groups is 3. The van der Waals surface area contributed by atoms with Crippen molar-refractivity contribution in [2.24, 2.45) is 0 Å². The molecule has 0 aliphatic carbocycles. The number of anilines is 1. The molecule has 35 heavy (non-hydrogen) atoms. The molecule has 2 rings (SSSR count). The van der Waals surface area contributed by atoms with Crippen LogP contribution in [0.15, 0.2) is 36.4 Å². The van der Waals surface area contributed by atoms with Crippen molar-refractivity contribution in [3.05, 3.63) is 63.7 Å². The molecular formula is C26H31ClN4O4. The molecule has 0 saturated carbocycles. The highest BCUT2D eigenvalue weighted by Crippen LogP contribution is 2.31. The van der Waals surface area contributed by atoms with Crippen LogP contribution in [0.3, 0.4) is 0 Å². The fraction of sp³-hybridized carbons (Fsp3) is 0.385. The van der Waals surface area contributed by atoms with E-state index in [-0.39, 0.29) is 6.54 Å². The van der Waals surface area contributed by atoms with Crippen LogP contribution >= 0.6 is 11.6 Å². The number of nitrogens with one attached hydrogen (secondary N) is 2. The highest BCUT2D eigenvalue weighted by Gasteiger charge is 2.34. The highest BCUT2D eigenvalue weighted by molar-refractivity contribution is 6.34. The minimum Gasteiger partial charge on any atom is -0.444 e. The molecule has 0 aliphatic rings. The highest BCUT2D eigenvalue weighted by atomic mass is 35.5. The number of aryl methyl sites for hydroxylation is 3. The van der Waals surface area contributed by atoms with Crippen molar-refractivity contribution in [2.45, 2.75) is 53.2 Å². The Morgan fingerprint density at radius 1 is 1.06 bits per heavy atom. The zero-order valence-corrected chi connectivity index (χ0v) is 21.6. The summed E-state index contributed by atoms with van der Waals surface area (Å²) in [5, 5.41) is 15.1. The van der Waals surface area contributed by atoms with Crippen LogP contribution in [0.5, 0.6) is 0 Å². The van der Waals surface area contributed by atoms with E-state index in [0.29, 0.717) is 16.3 Å². The van der Waals surface area contributed by atoms with E-state index in [9.17, 15) is 19.6 Å². The SMILES string of the molecule is Cc1cccc(Cl)c1NC(=O)C(c1c(C)cccc1C)N(CC#N)C(=O)CNC(=O)OC(C)(C)C. The fourth-order valence-corrected chi connectivity index (χ4v) is 3.90. The predicted octanol–water partition coefficient (Wildman–Crippen LogP) is 4.82. The summed E-state index contributed by atoms with van der Waals surface area (Å²) in [6.45, 7) is 9.75. The van der Waals surface area contributed by atoms with Crippen molar-refractivity contribution in [2.75, 3.05) is 18.4 Å². The first-order chi connectivity index (χ1) is 16.4. The van der Waals surface area contributed by atoms with Gasteiger partial charge in [0.2, 0.25) is 5.91 Å². The summed E-state index contributed by atoms with van der Waals surface area (Å²) in [6.07, 6.45) is -0.775. The molecule has 8 nitrogen and oxygen atoms in total. The van der Waals surface area contributed by atoms with Crippen molar-refractivity contribution in [1.29, 1.82) is 5.26 Å². The zero-order chi connectivity index (χ0) is 26.3. The number of ether oxygens (including phenoxy) is 1. The van der Waals surface area contributed by atoms with Gasteiger partial charge in [-0.25, -0.2) is 4.79 Å². The Kier molecular flexibility index (Phi) is 9.26. The van der Waals surface area contributed by atoms with Gasteiger partial charge in [-0.15, -0.1) is 0 Å². The lowest BCUT2D eigenvalue weighted by Gasteiger charge is -2.32. The zero-order valence-electron chi connectivity index (χ0n) is 20.9. The molecule has 0 bridgehead atoms. The lowest BCUT2D eigenvalue weighted by Crippen LogP contribution is -2.47. The Labute approximate surface area is 211 Å². The van der Waals surface area contributed by atoms with E-state index in [1.165, 1.54) is 0 Å². The van der Waals surface area contributed by atoms with Gasteiger partial charge in [0, 0.05) is 0 Å². The van der Waals surface area contributed by atoms with E-state index in [1.807, 2.05) is 38.1 Å². The molecule has 9 heteroatoms. The van der Waals surface area contributed by atoms with Gasteiger partial charge in [0.15, 0.2) is 0 Å². The molecule has 186 valence electrons. The third-order valence-electron chi connectivity index (χ3n) is 5.19. The van der Waals surface area contributed by atoms with Crippen LogP contribution in [0.1, 0.15) is 49.1 Å². The van der Waals surface area contributed by atoms with E-state index >= 15 is 0 Å². The molecule has 0 fully saturated rings. The summed E-state index contributed by atoms with van der Waals surface area (Å²) in [6, 6.07) is 11.6. The van der Waals surface area contributed by atoms with Crippen molar-refractivity contribution >= 4 is 35.2 Å². The van der Waals surface area contributed by atoms with Crippen molar-refractivity contribution in [3.63, 3.8) is 0 Å². The number of carbonyl (C=O) groups excluding carboxylic acids is 3. The molecule has 0 radical (unpaired) electrons. The summed E-state index contributed by atoms with van der Waals surface area (Å²) >= 11 is 6.32.